The molecule has 1 fully saturated rings. The Morgan fingerprint density at radius 2 is 2.04 bits per heavy atom. The van der Waals surface area contributed by atoms with Crippen LogP contribution in [-0.4, -0.2) is 29.5 Å². The van der Waals surface area contributed by atoms with Crippen LogP contribution in [0.5, 0.6) is 0 Å². The van der Waals surface area contributed by atoms with E-state index in [2.05, 4.69) is 10.3 Å². The van der Waals surface area contributed by atoms with E-state index in [4.69, 9.17) is 4.74 Å². The molecule has 1 aromatic heterocycles. The summed E-state index contributed by atoms with van der Waals surface area (Å²) in [5.41, 5.74) is 1.58. The maximum atomic E-state index is 12.2. The Kier molecular flexibility index (Phi) is 4.94. The number of benzene rings is 1. The molecule has 1 atom stereocenters. The van der Waals surface area contributed by atoms with Crippen molar-refractivity contribution < 1.29 is 14.3 Å². The van der Waals surface area contributed by atoms with E-state index in [0.29, 0.717) is 16.5 Å². The third-order valence-electron chi connectivity index (χ3n) is 4.05. The standard InChI is InChI=1S/C18H20N2O3S/c1-11(13-8-9-13)19-15(21)10-23-18(22)16-12(2)20-17(24-16)14-6-4-3-5-7-14/h3-7,11,13H,8-10H2,1-2H3,(H,19,21)/t11-/m0/s1. The first kappa shape index (κ1) is 16.6. The maximum Gasteiger partial charge on any atom is 0.350 e. The summed E-state index contributed by atoms with van der Waals surface area (Å²) in [5.74, 6) is -0.184. The number of esters is 1. The van der Waals surface area contributed by atoms with Crippen molar-refractivity contribution >= 4 is 23.2 Å². The summed E-state index contributed by atoms with van der Waals surface area (Å²) in [5, 5.41) is 3.64. The van der Waals surface area contributed by atoms with Gasteiger partial charge < -0.3 is 10.1 Å². The zero-order valence-corrected chi connectivity index (χ0v) is 14.6. The fraction of sp³-hybridized carbons (Fsp3) is 0.389. The minimum absolute atomic E-state index is 0.144. The van der Waals surface area contributed by atoms with Gasteiger partial charge in [0.05, 0.1) is 5.69 Å². The van der Waals surface area contributed by atoms with Gasteiger partial charge in [-0.3, -0.25) is 4.79 Å². The summed E-state index contributed by atoms with van der Waals surface area (Å²) in [6, 6.07) is 9.82. The fourth-order valence-corrected chi connectivity index (χ4v) is 3.46. The highest BCUT2D eigenvalue weighted by Crippen LogP contribution is 2.32. The molecule has 5 nitrogen and oxygen atoms in total. The van der Waals surface area contributed by atoms with Crippen LogP contribution in [0.1, 0.15) is 35.1 Å². The predicted molar refractivity (Wildman–Crippen MR) is 92.9 cm³/mol. The van der Waals surface area contributed by atoms with Crippen molar-refractivity contribution in [1.82, 2.24) is 10.3 Å². The van der Waals surface area contributed by atoms with Gasteiger partial charge in [0.25, 0.3) is 5.91 Å². The van der Waals surface area contributed by atoms with Crippen molar-refractivity contribution in [2.24, 2.45) is 5.92 Å². The van der Waals surface area contributed by atoms with E-state index in [1.807, 2.05) is 37.3 Å². The summed E-state index contributed by atoms with van der Waals surface area (Å²) < 4.78 is 5.14. The number of carbonyl (C=O) groups is 2. The number of ether oxygens (including phenoxy) is 1. The Morgan fingerprint density at radius 1 is 1.33 bits per heavy atom. The van der Waals surface area contributed by atoms with E-state index in [1.54, 1.807) is 6.92 Å². The number of hydrogen-bond donors (Lipinski definition) is 1. The van der Waals surface area contributed by atoms with Crippen LogP contribution < -0.4 is 5.32 Å². The highest BCUT2D eigenvalue weighted by molar-refractivity contribution is 7.17. The first-order valence-corrected chi connectivity index (χ1v) is 8.85. The molecule has 1 amide bonds. The Bertz CT molecular complexity index is 738. The first-order chi connectivity index (χ1) is 11.5. The van der Waals surface area contributed by atoms with Crippen LogP contribution in [0.15, 0.2) is 30.3 Å². The van der Waals surface area contributed by atoms with Gasteiger partial charge in [-0.2, -0.15) is 0 Å². The van der Waals surface area contributed by atoms with Crippen LogP contribution >= 0.6 is 11.3 Å². The van der Waals surface area contributed by atoms with Crippen LogP contribution in [0, 0.1) is 12.8 Å². The van der Waals surface area contributed by atoms with Gasteiger partial charge in [0.2, 0.25) is 0 Å². The lowest BCUT2D eigenvalue weighted by atomic mass is 10.2. The normalized spacial score (nSPS) is 14.9. The Labute approximate surface area is 145 Å². The minimum Gasteiger partial charge on any atom is -0.451 e. The molecule has 6 heteroatoms. The van der Waals surface area contributed by atoms with E-state index >= 15 is 0 Å². The quantitative estimate of drug-likeness (QED) is 0.817. The van der Waals surface area contributed by atoms with Crippen molar-refractivity contribution in [2.45, 2.75) is 32.7 Å². The SMILES string of the molecule is Cc1nc(-c2ccccc2)sc1C(=O)OCC(=O)N[C@@H](C)C1CC1. The first-order valence-electron chi connectivity index (χ1n) is 8.04. The van der Waals surface area contributed by atoms with Gasteiger partial charge in [0.15, 0.2) is 6.61 Å². The molecule has 0 spiro atoms. The Morgan fingerprint density at radius 3 is 2.71 bits per heavy atom. The average Bonchev–Trinajstić information content (AvgIpc) is 3.36. The van der Waals surface area contributed by atoms with Crippen molar-refractivity contribution in [3.05, 3.63) is 40.9 Å². The van der Waals surface area contributed by atoms with Crippen LogP contribution in [0.3, 0.4) is 0 Å². The summed E-state index contributed by atoms with van der Waals surface area (Å²) >= 11 is 1.28. The lowest BCUT2D eigenvalue weighted by molar-refractivity contribution is -0.124. The molecule has 24 heavy (non-hydrogen) atoms. The molecule has 0 radical (unpaired) electrons. The topological polar surface area (TPSA) is 68.3 Å². The maximum absolute atomic E-state index is 12.2. The van der Waals surface area contributed by atoms with Crippen molar-refractivity contribution in [3.63, 3.8) is 0 Å². The Balaban J connectivity index is 1.59. The number of aromatic nitrogens is 1. The second-order valence-electron chi connectivity index (χ2n) is 6.07. The van der Waals surface area contributed by atoms with E-state index in [9.17, 15) is 9.59 Å². The van der Waals surface area contributed by atoms with Crippen molar-refractivity contribution in [3.8, 4) is 10.6 Å². The van der Waals surface area contributed by atoms with Gasteiger partial charge in [-0.1, -0.05) is 30.3 Å². The number of nitrogens with one attached hydrogen (secondary N) is 1. The molecular weight excluding hydrogens is 324 g/mol. The third kappa shape index (κ3) is 4.00. The predicted octanol–water partition coefficient (Wildman–Crippen LogP) is 3.19. The van der Waals surface area contributed by atoms with Gasteiger partial charge in [0, 0.05) is 11.6 Å². The molecular formula is C18H20N2O3S. The molecule has 0 aliphatic heterocycles. The molecule has 2 aromatic rings. The molecule has 0 saturated heterocycles. The number of thiazole rings is 1. The second kappa shape index (κ2) is 7.13. The number of amides is 1. The molecule has 1 aromatic carbocycles. The highest BCUT2D eigenvalue weighted by Gasteiger charge is 2.29. The fourth-order valence-electron chi connectivity index (χ4n) is 2.50. The zero-order chi connectivity index (χ0) is 17.1. The molecule has 0 bridgehead atoms. The van der Waals surface area contributed by atoms with Gasteiger partial charge in [-0.05, 0) is 32.6 Å². The average molecular weight is 344 g/mol. The van der Waals surface area contributed by atoms with Crippen LogP contribution in [-0.2, 0) is 9.53 Å². The van der Waals surface area contributed by atoms with Crippen LogP contribution in [0.4, 0.5) is 0 Å². The molecule has 3 rings (SSSR count). The Hall–Kier alpha value is -2.21. The van der Waals surface area contributed by atoms with E-state index < -0.39 is 5.97 Å². The zero-order valence-electron chi connectivity index (χ0n) is 13.7. The summed E-state index contributed by atoms with van der Waals surface area (Å²) in [4.78, 5) is 28.9. The van der Waals surface area contributed by atoms with Gasteiger partial charge in [-0.15, -0.1) is 11.3 Å². The summed E-state index contributed by atoms with van der Waals surface area (Å²) in [7, 11) is 0. The van der Waals surface area contributed by atoms with Gasteiger partial charge >= 0.3 is 5.97 Å². The van der Waals surface area contributed by atoms with Gasteiger partial charge in [-0.25, -0.2) is 9.78 Å². The highest BCUT2D eigenvalue weighted by atomic mass is 32.1. The third-order valence-corrected chi connectivity index (χ3v) is 5.24. The number of aryl methyl sites for hydroxylation is 1. The number of nitrogens with zero attached hydrogens (tertiary/aromatic N) is 1. The smallest absolute Gasteiger partial charge is 0.350 e. The minimum atomic E-state index is -0.499. The summed E-state index contributed by atoms with van der Waals surface area (Å²) in [6.07, 6.45) is 2.31. The lowest BCUT2D eigenvalue weighted by Gasteiger charge is -2.12. The molecule has 0 unspecified atom stereocenters. The molecule has 1 heterocycles. The van der Waals surface area contributed by atoms with E-state index in [1.165, 1.54) is 11.3 Å². The molecule has 1 saturated carbocycles. The van der Waals surface area contributed by atoms with E-state index in [-0.39, 0.29) is 18.6 Å². The largest absolute Gasteiger partial charge is 0.451 e. The van der Waals surface area contributed by atoms with Crippen molar-refractivity contribution in [1.29, 1.82) is 0 Å². The lowest BCUT2D eigenvalue weighted by Crippen LogP contribution is -2.37. The van der Waals surface area contributed by atoms with E-state index in [0.717, 1.165) is 23.4 Å². The molecule has 1 N–H and O–H groups in total. The molecule has 126 valence electrons. The second-order valence-corrected chi connectivity index (χ2v) is 7.07. The number of hydrogen-bond acceptors (Lipinski definition) is 5. The molecule has 1 aliphatic carbocycles. The van der Waals surface area contributed by atoms with Gasteiger partial charge in [0.1, 0.15) is 9.88 Å². The molecule has 1 aliphatic rings. The number of carbonyl (C=O) groups excluding carboxylic acids is 2. The summed E-state index contributed by atoms with van der Waals surface area (Å²) in [6.45, 7) is 3.50. The van der Waals surface area contributed by atoms with Crippen molar-refractivity contribution in [2.75, 3.05) is 6.61 Å². The van der Waals surface area contributed by atoms with Crippen LogP contribution in [0.2, 0.25) is 0 Å². The monoisotopic (exact) mass is 344 g/mol. The number of rotatable bonds is 6. The van der Waals surface area contributed by atoms with Crippen LogP contribution in [0.25, 0.3) is 10.6 Å².